The Morgan fingerprint density at radius 2 is 1.52 bits per heavy atom. The molecule has 0 atom stereocenters. The van der Waals surface area contributed by atoms with E-state index in [4.69, 9.17) is 9.84 Å². The molecule has 0 radical (unpaired) electrons. The summed E-state index contributed by atoms with van der Waals surface area (Å²) in [6, 6.07) is 0. The topological polar surface area (TPSA) is 71.2 Å². The molecule has 0 saturated carbocycles. The van der Waals surface area contributed by atoms with Crippen LogP contribution in [-0.4, -0.2) is 42.7 Å². The van der Waals surface area contributed by atoms with Gasteiger partial charge in [-0.25, -0.2) is 0 Å². The lowest BCUT2D eigenvalue weighted by Gasteiger charge is -2.00. The number of nitrogens with zero attached hydrogens (tertiary/aromatic N) is 2. The molecule has 0 unspecified atom stereocenters. The van der Waals surface area contributed by atoms with Crippen molar-refractivity contribution in [1.82, 2.24) is 0 Å². The molecule has 0 amide bonds. The van der Waals surface area contributed by atoms with E-state index in [1.807, 2.05) is 39.8 Å². The molecule has 0 heterocycles. The molecule has 0 aromatic rings. The van der Waals surface area contributed by atoms with Crippen LogP contribution in [0, 0.1) is 0 Å². The third kappa shape index (κ3) is 11.6. The second kappa shape index (κ2) is 10.8. The van der Waals surface area contributed by atoms with Crippen molar-refractivity contribution in [3.05, 3.63) is 23.5 Å². The average Bonchev–Trinajstić information content (AvgIpc) is 2.41. The lowest BCUT2D eigenvalue weighted by molar-refractivity contribution is -0.136. The van der Waals surface area contributed by atoms with Crippen molar-refractivity contribution < 1.29 is 14.6 Å². The van der Waals surface area contributed by atoms with Crippen LogP contribution in [0.15, 0.2) is 33.5 Å². The second-order valence-electron chi connectivity index (χ2n) is 4.89. The Bertz CT molecular complexity index is 460. The summed E-state index contributed by atoms with van der Waals surface area (Å²) in [7, 11) is 1.63. The first-order valence-electron chi connectivity index (χ1n) is 6.98. The van der Waals surface area contributed by atoms with E-state index in [-0.39, 0.29) is 6.42 Å². The fourth-order valence-corrected chi connectivity index (χ4v) is 1.63. The van der Waals surface area contributed by atoms with E-state index < -0.39 is 5.97 Å². The van der Waals surface area contributed by atoms with Crippen molar-refractivity contribution in [2.45, 2.75) is 40.5 Å². The van der Waals surface area contributed by atoms with E-state index in [0.29, 0.717) is 19.5 Å². The second-order valence-corrected chi connectivity index (χ2v) is 4.89. The number of ether oxygens (including phenoxy) is 1. The lowest BCUT2D eigenvalue weighted by Crippen LogP contribution is -1.98. The molecule has 0 saturated heterocycles. The number of aliphatic carboxylic acids is 1. The SMILES string of the molecule is CO/C(C)=C\C(C)=NCCN=C(C)/C=C(\C)CCC(=O)O. The molecule has 0 aliphatic rings. The van der Waals surface area contributed by atoms with Crippen molar-refractivity contribution in [1.29, 1.82) is 0 Å². The number of aliphatic imine (C=N–C) groups is 2. The molecule has 21 heavy (non-hydrogen) atoms. The zero-order valence-corrected chi connectivity index (χ0v) is 13.6. The van der Waals surface area contributed by atoms with Crippen LogP contribution in [0.25, 0.3) is 0 Å². The van der Waals surface area contributed by atoms with Gasteiger partial charge in [-0.15, -0.1) is 0 Å². The Morgan fingerprint density at radius 3 is 2.00 bits per heavy atom. The minimum Gasteiger partial charge on any atom is -0.501 e. The maximum absolute atomic E-state index is 10.5. The number of rotatable bonds is 9. The van der Waals surface area contributed by atoms with Gasteiger partial charge in [0.25, 0.3) is 0 Å². The minimum atomic E-state index is -0.776. The molecular formula is C16H26N2O3. The molecule has 0 bridgehead atoms. The molecule has 0 aliphatic heterocycles. The highest BCUT2D eigenvalue weighted by Crippen LogP contribution is 2.04. The summed E-state index contributed by atoms with van der Waals surface area (Å²) in [5.74, 6) is 0.0504. The largest absolute Gasteiger partial charge is 0.501 e. The van der Waals surface area contributed by atoms with E-state index in [2.05, 4.69) is 9.98 Å². The van der Waals surface area contributed by atoms with Gasteiger partial charge in [0.2, 0.25) is 0 Å². The number of carboxylic acid groups (broad SMARTS) is 1. The Labute approximate surface area is 127 Å². The minimum absolute atomic E-state index is 0.157. The number of carboxylic acids is 1. The Kier molecular flexibility index (Phi) is 9.84. The highest BCUT2D eigenvalue weighted by atomic mass is 16.5. The van der Waals surface area contributed by atoms with E-state index >= 15 is 0 Å². The zero-order chi connectivity index (χ0) is 16.3. The van der Waals surface area contributed by atoms with Gasteiger partial charge in [-0.2, -0.15) is 0 Å². The maximum atomic E-state index is 10.5. The first-order chi connectivity index (χ1) is 9.85. The van der Waals surface area contributed by atoms with Crippen LogP contribution in [0.3, 0.4) is 0 Å². The van der Waals surface area contributed by atoms with Gasteiger partial charge in [-0.05, 0) is 46.3 Å². The van der Waals surface area contributed by atoms with Crippen LogP contribution >= 0.6 is 0 Å². The summed E-state index contributed by atoms with van der Waals surface area (Å²) in [5, 5.41) is 8.62. The normalized spacial score (nSPS) is 14.3. The summed E-state index contributed by atoms with van der Waals surface area (Å²) >= 11 is 0. The van der Waals surface area contributed by atoms with Crippen LogP contribution in [-0.2, 0) is 9.53 Å². The van der Waals surface area contributed by atoms with Gasteiger partial charge < -0.3 is 9.84 Å². The number of hydrogen-bond acceptors (Lipinski definition) is 4. The first-order valence-corrected chi connectivity index (χ1v) is 6.98. The third-order valence-corrected chi connectivity index (χ3v) is 2.75. The maximum Gasteiger partial charge on any atom is 0.303 e. The van der Waals surface area contributed by atoms with Gasteiger partial charge in [0.1, 0.15) is 0 Å². The predicted octanol–water partition coefficient (Wildman–Crippen LogP) is 3.27. The third-order valence-electron chi connectivity index (χ3n) is 2.75. The summed E-state index contributed by atoms with van der Waals surface area (Å²) < 4.78 is 5.05. The monoisotopic (exact) mass is 294 g/mol. The smallest absolute Gasteiger partial charge is 0.303 e. The van der Waals surface area contributed by atoms with Gasteiger partial charge in [0, 0.05) is 17.8 Å². The number of hydrogen-bond donors (Lipinski definition) is 1. The summed E-state index contributed by atoms with van der Waals surface area (Å²) in [5.41, 5.74) is 2.83. The molecule has 5 nitrogen and oxygen atoms in total. The lowest BCUT2D eigenvalue weighted by atomic mass is 10.1. The molecule has 0 aliphatic carbocycles. The van der Waals surface area contributed by atoms with Crippen LogP contribution in [0.1, 0.15) is 40.5 Å². The predicted molar refractivity (Wildman–Crippen MR) is 87.3 cm³/mol. The van der Waals surface area contributed by atoms with Crippen molar-refractivity contribution in [3.8, 4) is 0 Å². The molecule has 0 aromatic heterocycles. The summed E-state index contributed by atoms with van der Waals surface area (Å²) in [6.45, 7) is 8.88. The average molecular weight is 294 g/mol. The van der Waals surface area contributed by atoms with Gasteiger partial charge in [-0.1, -0.05) is 5.57 Å². The number of carbonyl (C=O) groups is 1. The molecular weight excluding hydrogens is 268 g/mol. The van der Waals surface area contributed by atoms with Gasteiger partial charge in [0.15, 0.2) is 0 Å². The fraction of sp³-hybridized carbons (Fsp3) is 0.562. The van der Waals surface area contributed by atoms with E-state index in [9.17, 15) is 4.79 Å². The Balaban J connectivity index is 4.27. The molecule has 0 rings (SSSR count). The quantitative estimate of drug-likeness (QED) is 0.403. The molecule has 1 N–H and O–H groups in total. The van der Waals surface area contributed by atoms with Crippen LogP contribution in [0.5, 0.6) is 0 Å². The standard InChI is InChI=1S/C16H26N2O3/c1-12(6-7-16(19)20)10-13(2)17-8-9-18-14(3)11-15(4)21-5/h10-11H,6-9H2,1-5H3,(H,19,20)/b12-10+,15-11-,17-13?,18-14?. The number of allylic oxidation sites excluding steroid dienone is 4. The van der Waals surface area contributed by atoms with E-state index in [1.54, 1.807) is 7.11 Å². The zero-order valence-electron chi connectivity index (χ0n) is 13.6. The van der Waals surface area contributed by atoms with Gasteiger partial charge >= 0.3 is 5.97 Å². The van der Waals surface area contributed by atoms with Crippen molar-refractivity contribution in [2.75, 3.05) is 20.2 Å². The molecule has 0 spiro atoms. The van der Waals surface area contributed by atoms with E-state index in [1.165, 1.54) is 0 Å². The van der Waals surface area contributed by atoms with Crippen molar-refractivity contribution in [2.24, 2.45) is 9.98 Å². The summed E-state index contributed by atoms with van der Waals surface area (Å²) in [4.78, 5) is 19.3. The van der Waals surface area contributed by atoms with Crippen LogP contribution in [0.2, 0.25) is 0 Å². The Hall–Kier alpha value is -1.91. The molecule has 5 heteroatoms. The van der Waals surface area contributed by atoms with Gasteiger partial charge in [0.05, 0.1) is 26.0 Å². The molecule has 118 valence electrons. The molecule has 0 aromatic carbocycles. The highest BCUT2D eigenvalue weighted by Gasteiger charge is 1.98. The summed E-state index contributed by atoms with van der Waals surface area (Å²) in [6.07, 6.45) is 4.52. The molecule has 0 fully saturated rings. The fourth-order valence-electron chi connectivity index (χ4n) is 1.63. The van der Waals surface area contributed by atoms with Gasteiger partial charge in [-0.3, -0.25) is 14.8 Å². The first kappa shape index (κ1) is 19.1. The Morgan fingerprint density at radius 1 is 1.00 bits per heavy atom. The van der Waals surface area contributed by atoms with Crippen molar-refractivity contribution in [3.63, 3.8) is 0 Å². The number of methoxy groups -OCH3 is 1. The van der Waals surface area contributed by atoms with Crippen LogP contribution in [0.4, 0.5) is 0 Å². The van der Waals surface area contributed by atoms with Crippen molar-refractivity contribution >= 4 is 17.4 Å². The van der Waals surface area contributed by atoms with Crippen LogP contribution < -0.4 is 0 Å². The highest BCUT2D eigenvalue weighted by molar-refractivity contribution is 5.94. The van der Waals surface area contributed by atoms with E-state index in [0.717, 1.165) is 22.8 Å².